The van der Waals surface area contributed by atoms with E-state index in [1.807, 2.05) is 0 Å². The van der Waals surface area contributed by atoms with E-state index >= 15 is 0 Å². The van der Waals surface area contributed by atoms with Crippen molar-refractivity contribution in [2.24, 2.45) is 0 Å². The lowest BCUT2D eigenvalue weighted by molar-refractivity contribution is 0.672. The molecule has 3 heteroatoms. The van der Waals surface area contributed by atoms with Gasteiger partial charge in [0.2, 0.25) is 0 Å². The summed E-state index contributed by atoms with van der Waals surface area (Å²) >= 11 is 2.07. The van der Waals surface area contributed by atoms with Crippen molar-refractivity contribution in [3.8, 4) is 0 Å². The standard InChI is InChI=1S/C15H24N2S/c1-3-6-16-12-14-11-13(2)4-5-15(14)17-7-9-18-10-8-17/h4-5,11,16H,3,6-10,12H2,1-2H3. The summed E-state index contributed by atoms with van der Waals surface area (Å²) in [5.41, 5.74) is 4.25. The maximum Gasteiger partial charge on any atom is 0.0412 e. The molecule has 1 aromatic rings. The molecule has 0 aromatic heterocycles. The summed E-state index contributed by atoms with van der Waals surface area (Å²) in [7, 11) is 0. The Labute approximate surface area is 115 Å². The molecule has 1 saturated heterocycles. The highest BCUT2D eigenvalue weighted by Crippen LogP contribution is 2.24. The van der Waals surface area contributed by atoms with Crippen LogP contribution in [0.3, 0.4) is 0 Å². The van der Waals surface area contributed by atoms with Crippen LogP contribution in [0.2, 0.25) is 0 Å². The van der Waals surface area contributed by atoms with Crippen molar-refractivity contribution in [2.75, 3.05) is 36.0 Å². The quantitative estimate of drug-likeness (QED) is 0.823. The molecule has 2 rings (SSSR count). The number of nitrogens with zero attached hydrogens (tertiary/aromatic N) is 1. The van der Waals surface area contributed by atoms with Gasteiger partial charge in [-0.1, -0.05) is 24.6 Å². The lowest BCUT2D eigenvalue weighted by Gasteiger charge is -2.30. The van der Waals surface area contributed by atoms with Gasteiger partial charge in [-0.15, -0.1) is 0 Å². The first-order valence-electron chi connectivity index (χ1n) is 6.94. The molecule has 0 atom stereocenters. The smallest absolute Gasteiger partial charge is 0.0412 e. The zero-order valence-corrected chi connectivity index (χ0v) is 12.4. The molecule has 0 bridgehead atoms. The molecule has 1 heterocycles. The third kappa shape index (κ3) is 3.66. The minimum atomic E-state index is 0.995. The lowest BCUT2D eigenvalue weighted by atomic mass is 10.1. The predicted octanol–water partition coefficient (Wildman–Crippen LogP) is 3.05. The molecule has 1 fully saturated rings. The number of hydrogen-bond acceptors (Lipinski definition) is 3. The Balaban J connectivity index is 2.11. The van der Waals surface area contributed by atoms with Crippen LogP contribution in [0.5, 0.6) is 0 Å². The highest BCUT2D eigenvalue weighted by atomic mass is 32.2. The Kier molecular flexibility index (Phi) is 5.39. The van der Waals surface area contributed by atoms with Crippen molar-refractivity contribution >= 4 is 17.4 Å². The first kappa shape index (κ1) is 13.8. The molecule has 1 aliphatic heterocycles. The van der Waals surface area contributed by atoms with E-state index in [2.05, 4.69) is 54.0 Å². The van der Waals surface area contributed by atoms with Gasteiger partial charge in [-0.2, -0.15) is 11.8 Å². The first-order valence-corrected chi connectivity index (χ1v) is 8.09. The molecular formula is C15H24N2S. The third-order valence-electron chi connectivity index (χ3n) is 3.33. The Morgan fingerprint density at radius 3 is 2.78 bits per heavy atom. The van der Waals surface area contributed by atoms with Gasteiger partial charge in [0.25, 0.3) is 0 Å². The van der Waals surface area contributed by atoms with E-state index in [9.17, 15) is 0 Å². The van der Waals surface area contributed by atoms with Gasteiger partial charge in [-0.3, -0.25) is 0 Å². The molecule has 0 radical (unpaired) electrons. The number of hydrogen-bond donors (Lipinski definition) is 1. The van der Waals surface area contributed by atoms with Gasteiger partial charge in [0, 0.05) is 36.8 Å². The fourth-order valence-corrected chi connectivity index (χ4v) is 3.27. The molecule has 0 spiro atoms. The van der Waals surface area contributed by atoms with E-state index in [4.69, 9.17) is 0 Å². The molecule has 0 amide bonds. The normalized spacial score (nSPS) is 16.0. The summed E-state index contributed by atoms with van der Waals surface area (Å²) in [6.45, 7) is 8.87. The Bertz CT molecular complexity index is 373. The minimum Gasteiger partial charge on any atom is -0.370 e. The Morgan fingerprint density at radius 1 is 1.28 bits per heavy atom. The second-order valence-corrected chi connectivity index (χ2v) is 6.13. The summed E-state index contributed by atoms with van der Waals surface area (Å²) in [6.07, 6.45) is 1.20. The van der Waals surface area contributed by atoms with Crippen LogP contribution in [-0.2, 0) is 6.54 Å². The molecule has 18 heavy (non-hydrogen) atoms. The van der Waals surface area contributed by atoms with Gasteiger partial charge in [-0.05, 0) is 31.5 Å². The predicted molar refractivity (Wildman–Crippen MR) is 82.7 cm³/mol. The molecule has 100 valence electrons. The van der Waals surface area contributed by atoms with Crippen LogP contribution in [0, 0.1) is 6.92 Å². The van der Waals surface area contributed by atoms with Crippen molar-refractivity contribution < 1.29 is 0 Å². The molecule has 1 aromatic carbocycles. The maximum atomic E-state index is 3.53. The fraction of sp³-hybridized carbons (Fsp3) is 0.600. The van der Waals surface area contributed by atoms with Crippen molar-refractivity contribution in [3.63, 3.8) is 0 Å². The minimum absolute atomic E-state index is 0.995. The van der Waals surface area contributed by atoms with E-state index in [0.29, 0.717) is 0 Å². The first-order chi connectivity index (χ1) is 8.81. The molecule has 0 unspecified atom stereocenters. The van der Waals surface area contributed by atoms with Crippen molar-refractivity contribution in [1.82, 2.24) is 5.32 Å². The van der Waals surface area contributed by atoms with Gasteiger partial charge in [0.15, 0.2) is 0 Å². The van der Waals surface area contributed by atoms with Crippen molar-refractivity contribution in [2.45, 2.75) is 26.8 Å². The number of nitrogens with one attached hydrogen (secondary N) is 1. The summed E-state index contributed by atoms with van der Waals surface area (Å²) in [6, 6.07) is 6.87. The average molecular weight is 264 g/mol. The maximum absolute atomic E-state index is 3.53. The number of anilines is 1. The Morgan fingerprint density at radius 2 is 2.06 bits per heavy atom. The lowest BCUT2D eigenvalue weighted by Crippen LogP contribution is -2.33. The zero-order chi connectivity index (χ0) is 12.8. The van der Waals surface area contributed by atoms with E-state index in [1.54, 1.807) is 0 Å². The summed E-state index contributed by atoms with van der Waals surface area (Å²) in [5, 5.41) is 3.53. The number of benzene rings is 1. The van der Waals surface area contributed by atoms with Crippen LogP contribution in [-0.4, -0.2) is 31.1 Å². The topological polar surface area (TPSA) is 15.3 Å². The molecule has 1 aliphatic rings. The summed E-state index contributed by atoms with van der Waals surface area (Å²) in [5.74, 6) is 2.52. The van der Waals surface area contributed by atoms with Gasteiger partial charge in [0.1, 0.15) is 0 Å². The number of thioether (sulfide) groups is 1. The molecule has 0 aliphatic carbocycles. The monoisotopic (exact) mass is 264 g/mol. The third-order valence-corrected chi connectivity index (χ3v) is 4.27. The fourth-order valence-electron chi connectivity index (χ4n) is 2.37. The van der Waals surface area contributed by atoms with E-state index in [0.717, 1.165) is 13.1 Å². The molecular weight excluding hydrogens is 240 g/mol. The largest absolute Gasteiger partial charge is 0.370 e. The summed E-state index contributed by atoms with van der Waals surface area (Å²) < 4.78 is 0. The average Bonchev–Trinajstić information content (AvgIpc) is 2.40. The second kappa shape index (κ2) is 7.05. The molecule has 2 nitrogen and oxygen atoms in total. The van der Waals surface area contributed by atoms with Crippen molar-refractivity contribution in [3.05, 3.63) is 29.3 Å². The highest BCUT2D eigenvalue weighted by molar-refractivity contribution is 7.99. The van der Waals surface area contributed by atoms with Gasteiger partial charge in [-0.25, -0.2) is 0 Å². The van der Waals surface area contributed by atoms with E-state index < -0.39 is 0 Å². The highest BCUT2D eigenvalue weighted by Gasteiger charge is 2.14. The van der Waals surface area contributed by atoms with E-state index in [-0.39, 0.29) is 0 Å². The summed E-state index contributed by atoms with van der Waals surface area (Å²) in [4.78, 5) is 2.54. The van der Waals surface area contributed by atoms with Gasteiger partial charge >= 0.3 is 0 Å². The molecule has 1 N–H and O–H groups in total. The van der Waals surface area contributed by atoms with Crippen LogP contribution >= 0.6 is 11.8 Å². The number of rotatable bonds is 5. The number of aryl methyl sites for hydroxylation is 1. The Hall–Kier alpha value is -0.670. The van der Waals surface area contributed by atoms with E-state index in [1.165, 1.54) is 47.8 Å². The van der Waals surface area contributed by atoms with Crippen molar-refractivity contribution in [1.29, 1.82) is 0 Å². The second-order valence-electron chi connectivity index (χ2n) is 4.91. The van der Waals surface area contributed by atoms with Crippen LogP contribution in [0.1, 0.15) is 24.5 Å². The van der Waals surface area contributed by atoms with Crippen LogP contribution in [0.15, 0.2) is 18.2 Å². The van der Waals surface area contributed by atoms with Gasteiger partial charge < -0.3 is 10.2 Å². The van der Waals surface area contributed by atoms with Crippen LogP contribution in [0.25, 0.3) is 0 Å². The molecule has 0 saturated carbocycles. The van der Waals surface area contributed by atoms with Crippen LogP contribution < -0.4 is 10.2 Å². The van der Waals surface area contributed by atoms with Crippen LogP contribution in [0.4, 0.5) is 5.69 Å². The zero-order valence-electron chi connectivity index (χ0n) is 11.5. The van der Waals surface area contributed by atoms with Gasteiger partial charge in [0.05, 0.1) is 0 Å². The SMILES string of the molecule is CCCNCc1cc(C)ccc1N1CCSCC1.